The van der Waals surface area contributed by atoms with Crippen LogP contribution in [0.3, 0.4) is 0 Å². The van der Waals surface area contributed by atoms with Crippen LogP contribution in [0.2, 0.25) is 0 Å². The number of carbonyl (C=O) groups excluding carboxylic acids is 3. The van der Waals surface area contributed by atoms with E-state index in [2.05, 4.69) is 11.4 Å². The molecule has 0 saturated carbocycles. The Bertz CT molecular complexity index is 1420. The standard InChI is InChI=1S/C26H17N3O6/c27-13-17-3-1-2-4-18(17)14-33-20-8-5-16(6-9-20)11-21-24(30)28-26(32)29(25(21)31)19-7-10-22-23(12-19)35-15-34-22/h1-12H,14-15H2,(H,28,30,32)/b21-11+. The number of amides is 4. The molecular formula is C26H17N3O6. The Morgan fingerprint density at radius 2 is 1.77 bits per heavy atom. The van der Waals surface area contributed by atoms with Gasteiger partial charge in [0.2, 0.25) is 6.79 Å². The van der Waals surface area contributed by atoms with Crippen molar-refractivity contribution in [3.05, 3.63) is 89.0 Å². The molecule has 0 unspecified atom stereocenters. The van der Waals surface area contributed by atoms with Gasteiger partial charge in [0, 0.05) is 11.6 Å². The Morgan fingerprint density at radius 3 is 2.57 bits per heavy atom. The third-order valence-electron chi connectivity index (χ3n) is 5.44. The van der Waals surface area contributed by atoms with Crippen LogP contribution in [-0.4, -0.2) is 24.6 Å². The summed E-state index contributed by atoms with van der Waals surface area (Å²) in [5.74, 6) is -0.0876. The van der Waals surface area contributed by atoms with E-state index in [1.54, 1.807) is 42.5 Å². The normalized spacial score (nSPS) is 15.7. The second kappa shape index (κ2) is 9.03. The van der Waals surface area contributed by atoms with E-state index in [1.165, 1.54) is 18.2 Å². The average Bonchev–Trinajstić information content (AvgIpc) is 3.34. The largest absolute Gasteiger partial charge is 0.489 e. The molecule has 0 atom stereocenters. The van der Waals surface area contributed by atoms with E-state index in [-0.39, 0.29) is 24.7 Å². The zero-order valence-corrected chi connectivity index (χ0v) is 18.2. The first kappa shape index (κ1) is 21.7. The number of ether oxygens (including phenoxy) is 3. The number of rotatable bonds is 5. The molecule has 3 aromatic rings. The molecule has 3 aromatic carbocycles. The van der Waals surface area contributed by atoms with Gasteiger partial charge in [0.05, 0.1) is 17.3 Å². The van der Waals surface area contributed by atoms with Crippen LogP contribution < -0.4 is 24.4 Å². The molecule has 1 N–H and O–H groups in total. The number of anilines is 1. The van der Waals surface area contributed by atoms with Gasteiger partial charge in [-0.05, 0) is 42.0 Å². The lowest BCUT2D eigenvalue weighted by Crippen LogP contribution is -2.54. The maximum absolute atomic E-state index is 13.1. The topological polar surface area (TPSA) is 118 Å². The number of fused-ring (bicyclic) bond motifs is 1. The monoisotopic (exact) mass is 467 g/mol. The van der Waals surface area contributed by atoms with E-state index < -0.39 is 17.8 Å². The predicted octanol–water partition coefficient (Wildman–Crippen LogP) is 3.53. The van der Waals surface area contributed by atoms with Crippen LogP contribution >= 0.6 is 0 Å². The van der Waals surface area contributed by atoms with Crippen molar-refractivity contribution in [2.24, 2.45) is 0 Å². The number of nitriles is 1. The highest BCUT2D eigenvalue weighted by Crippen LogP contribution is 2.36. The zero-order valence-electron chi connectivity index (χ0n) is 18.2. The number of carbonyl (C=O) groups is 3. The van der Waals surface area contributed by atoms with Gasteiger partial charge in [-0.25, -0.2) is 9.69 Å². The van der Waals surface area contributed by atoms with Gasteiger partial charge in [0.15, 0.2) is 11.5 Å². The van der Waals surface area contributed by atoms with Crippen molar-refractivity contribution in [2.45, 2.75) is 6.61 Å². The number of barbiturate groups is 1. The first-order valence-electron chi connectivity index (χ1n) is 10.6. The van der Waals surface area contributed by atoms with Crippen molar-refractivity contribution in [2.75, 3.05) is 11.7 Å². The molecule has 0 aliphatic carbocycles. The molecule has 0 aromatic heterocycles. The molecule has 0 spiro atoms. The van der Waals surface area contributed by atoms with Crippen molar-refractivity contribution < 1.29 is 28.6 Å². The summed E-state index contributed by atoms with van der Waals surface area (Å²) in [6, 6.07) is 19.8. The molecule has 9 nitrogen and oxygen atoms in total. The van der Waals surface area contributed by atoms with E-state index in [9.17, 15) is 19.6 Å². The summed E-state index contributed by atoms with van der Waals surface area (Å²) in [6.45, 7) is 0.269. The van der Waals surface area contributed by atoms with Gasteiger partial charge < -0.3 is 14.2 Å². The van der Waals surface area contributed by atoms with E-state index in [1.807, 2.05) is 12.1 Å². The molecule has 4 amide bonds. The van der Waals surface area contributed by atoms with Crippen LogP contribution in [0.5, 0.6) is 17.2 Å². The van der Waals surface area contributed by atoms with Crippen molar-refractivity contribution in [3.8, 4) is 23.3 Å². The molecule has 1 fully saturated rings. The van der Waals surface area contributed by atoms with Gasteiger partial charge in [-0.1, -0.05) is 30.3 Å². The molecule has 2 aliphatic heterocycles. The van der Waals surface area contributed by atoms with Gasteiger partial charge in [-0.15, -0.1) is 0 Å². The van der Waals surface area contributed by atoms with Crippen LogP contribution in [0.15, 0.2) is 72.3 Å². The number of nitrogens with zero attached hydrogens (tertiary/aromatic N) is 2. The fraction of sp³-hybridized carbons (Fsp3) is 0.0769. The molecule has 0 radical (unpaired) electrons. The Morgan fingerprint density at radius 1 is 1.00 bits per heavy atom. The first-order valence-corrected chi connectivity index (χ1v) is 10.6. The van der Waals surface area contributed by atoms with Crippen LogP contribution in [0, 0.1) is 11.3 Å². The number of urea groups is 1. The highest BCUT2D eigenvalue weighted by molar-refractivity contribution is 6.39. The van der Waals surface area contributed by atoms with Gasteiger partial charge in [-0.2, -0.15) is 5.26 Å². The lowest BCUT2D eigenvalue weighted by atomic mass is 10.1. The first-order chi connectivity index (χ1) is 17.0. The van der Waals surface area contributed by atoms with Gasteiger partial charge >= 0.3 is 6.03 Å². The number of hydrogen-bond acceptors (Lipinski definition) is 7. The highest BCUT2D eigenvalue weighted by Gasteiger charge is 2.37. The highest BCUT2D eigenvalue weighted by atomic mass is 16.7. The summed E-state index contributed by atoms with van der Waals surface area (Å²) in [4.78, 5) is 38.8. The van der Waals surface area contributed by atoms with E-state index in [4.69, 9.17) is 14.2 Å². The van der Waals surface area contributed by atoms with Gasteiger partial charge in [0.1, 0.15) is 17.9 Å². The van der Waals surface area contributed by atoms with E-state index >= 15 is 0 Å². The maximum Gasteiger partial charge on any atom is 0.335 e. The molecule has 9 heteroatoms. The number of imide groups is 2. The third-order valence-corrected chi connectivity index (χ3v) is 5.44. The minimum absolute atomic E-state index is 0.0487. The van der Waals surface area contributed by atoms with Crippen molar-refractivity contribution in [1.29, 1.82) is 5.26 Å². The SMILES string of the molecule is N#Cc1ccccc1COc1ccc(/C=C2\C(=O)NC(=O)N(c3ccc4c(c3)OCO4)C2=O)cc1. The van der Waals surface area contributed by atoms with Crippen LogP contribution in [0.1, 0.15) is 16.7 Å². The minimum Gasteiger partial charge on any atom is -0.489 e. The van der Waals surface area contributed by atoms with E-state index in [0.717, 1.165) is 10.5 Å². The second-order valence-corrected chi connectivity index (χ2v) is 7.62. The van der Waals surface area contributed by atoms with Crippen molar-refractivity contribution in [1.82, 2.24) is 5.32 Å². The summed E-state index contributed by atoms with van der Waals surface area (Å²) in [5.41, 5.74) is 1.92. The summed E-state index contributed by atoms with van der Waals surface area (Å²) < 4.78 is 16.3. The summed E-state index contributed by atoms with van der Waals surface area (Å²) in [5, 5.41) is 11.4. The summed E-state index contributed by atoms with van der Waals surface area (Å²) >= 11 is 0. The molecular weight excluding hydrogens is 450 g/mol. The smallest absolute Gasteiger partial charge is 0.335 e. The Labute approximate surface area is 199 Å². The maximum atomic E-state index is 13.1. The van der Waals surface area contributed by atoms with Crippen molar-refractivity contribution >= 4 is 29.6 Å². The molecule has 1 saturated heterocycles. The predicted molar refractivity (Wildman–Crippen MR) is 123 cm³/mol. The molecule has 2 aliphatic rings. The molecule has 2 heterocycles. The Hall–Kier alpha value is -5.10. The van der Waals surface area contributed by atoms with Crippen LogP contribution in [0.4, 0.5) is 10.5 Å². The average molecular weight is 467 g/mol. The summed E-state index contributed by atoms with van der Waals surface area (Å²) in [7, 11) is 0. The minimum atomic E-state index is -0.850. The van der Waals surface area contributed by atoms with Crippen LogP contribution in [-0.2, 0) is 16.2 Å². The molecule has 35 heavy (non-hydrogen) atoms. The summed E-state index contributed by atoms with van der Waals surface area (Å²) in [6.07, 6.45) is 1.40. The van der Waals surface area contributed by atoms with Gasteiger partial charge in [-0.3, -0.25) is 14.9 Å². The Balaban J connectivity index is 1.34. The van der Waals surface area contributed by atoms with Gasteiger partial charge in [0.25, 0.3) is 11.8 Å². The Kier molecular flexibility index (Phi) is 5.61. The fourth-order valence-corrected chi connectivity index (χ4v) is 3.66. The van der Waals surface area contributed by atoms with Crippen LogP contribution in [0.25, 0.3) is 6.08 Å². The fourth-order valence-electron chi connectivity index (χ4n) is 3.66. The third kappa shape index (κ3) is 4.28. The van der Waals surface area contributed by atoms with E-state index in [0.29, 0.717) is 28.4 Å². The lowest BCUT2D eigenvalue weighted by Gasteiger charge is -2.26. The zero-order chi connectivity index (χ0) is 24.4. The molecule has 172 valence electrons. The number of hydrogen-bond donors (Lipinski definition) is 1. The number of benzene rings is 3. The molecule has 5 rings (SSSR count). The quantitative estimate of drug-likeness (QED) is 0.450. The van der Waals surface area contributed by atoms with Crippen molar-refractivity contribution in [3.63, 3.8) is 0 Å². The molecule has 0 bridgehead atoms. The lowest BCUT2D eigenvalue weighted by molar-refractivity contribution is -0.122. The number of nitrogens with one attached hydrogen (secondary N) is 1. The second-order valence-electron chi connectivity index (χ2n) is 7.62.